The van der Waals surface area contributed by atoms with Crippen molar-refractivity contribution in [2.75, 3.05) is 5.32 Å². The lowest BCUT2D eigenvalue weighted by Crippen LogP contribution is -2.30. The summed E-state index contributed by atoms with van der Waals surface area (Å²) in [4.78, 5) is 24.3. The van der Waals surface area contributed by atoms with Gasteiger partial charge in [-0.25, -0.2) is 9.18 Å². The van der Waals surface area contributed by atoms with Gasteiger partial charge in [-0.3, -0.25) is 4.79 Å². The van der Waals surface area contributed by atoms with Crippen molar-refractivity contribution in [1.29, 1.82) is 0 Å². The molecule has 0 radical (unpaired) electrons. The summed E-state index contributed by atoms with van der Waals surface area (Å²) in [6.07, 6.45) is -1.04. The van der Waals surface area contributed by atoms with Gasteiger partial charge in [0.15, 0.2) is 6.10 Å². The molecule has 0 bridgehead atoms. The second-order valence-electron chi connectivity index (χ2n) is 5.85. The summed E-state index contributed by atoms with van der Waals surface area (Å²) in [5, 5.41) is 2.54. The Hall–Kier alpha value is -2.60. The van der Waals surface area contributed by atoms with Crippen LogP contribution in [0.25, 0.3) is 0 Å². The molecule has 0 aliphatic carbocycles. The maximum absolute atomic E-state index is 13.0. The molecule has 0 heterocycles. The van der Waals surface area contributed by atoms with Crippen molar-refractivity contribution in [3.05, 3.63) is 58.9 Å². The maximum atomic E-state index is 13.0. The van der Waals surface area contributed by atoms with Gasteiger partial charge in [0.2, 0.25) is 0 Å². The van der Waals surface area contributed by atoms with Crippen LogP contribution in [0.1, 0.15) is 31.1 Å². The predicted octanol–water partition coefficient (Wildman–Crippen LogP) is 4.45. The molecule has 138 valence electrons. The van der Waals surface area contributed by atoms with E-state index in [1.54, 1.807) is 24.3 Å². The third kappa shape index (κ3) is 5.46. The lowest BCUT2D eigenvalue weighted by molar-refractivity contribution is -0.123. The van der Waals surface area contributed by atoms with Gasteiger partial charge in [0.05, 0.1) is 22.4 Å². The normalized spacial score (nSPS) is 11.8. The molecular formula is C19H19ClFNO4. The van der Waals surface area contributed by atoms with Crippen LogP contribution in [0, 0.1) is 5.82 Å². The number of benzene rings is 2. The molecule has 5 nitrogen and oxygen atoms in total. The summed E-state index contributed by atoms with van der Waals surface area (Å²) in [7, 11) is 0. The number of ether oxygens (including phenoxy) is 2. The molecule has 1 N–H and O–H groups in total. The van der Waals surface area contributed by atoms with Gasteiger partial charge in [-0.15, -0.1) is 0 Å². The molecule has 2 aromatic rings. The highest BCUT2D eigenvalue weighted by atomic mass is 35.5. The molecule has 2 rings (SSSR count). The smallest absolute Gasteiger partial charge is 0.338 e. The van der Waals surface area contributed by atoms with Crippen LogP contribution in [0.4, 0.5) is 10.1 Å². The Balaban J connectivity index is 1.96. The van der Waals surface area contributed by atoms with Crippen molar-refractivity contribution in [1.82, 2.24) is 0 Å². The summed E-state index contributed by atoms with van der Waals surface area (Å²) in [6.45, 7) is 5.23. The van der Waals surface area contributed by atoms with Gasteiger partial charge in [0.25, 0.3) is 5.91 Å². The molecule has 1 amide bonds. The predicted molar refractivity (Wildman–Crippen MR) is 97.1 cm³/mol. The molecule has 0 saturated carbocycles. The fraction of sp³-hybridized carbons (Fsp3) is 0.263. The van der Waals surface area contributed by atoms with E-state index >= 15 is 0 Å². The highest BCUT2D eigenvalue weighted by molar-refractivity contribution is 6.33. The van der Waals surface area contributed by atoms with Crippen LogP contribution in [-0.2, 0) is 9.53 Å². The van der Waals surface area contributed by atoms with Crippen molar-refractivity contribution in [3.63, 3.8) is 0 Å². The number of carbonyl (C=O) groups is 2. The van der Waals surface area contributed by atoms with Crippen LogP contribution >= 0.6 is 11.6 Å². The van der Waals surface area contributed by atoms with E-state index in [1.807, 2.05) is 13.8 Å². The number of amides is 1. The fourth-order valence-corrected chi connectivity index (χ4v) is 2.26. The zero-order chi connectivity index (χ0) is 19.3. The lowest BCUT2D eigenvalue weighted by Gasteiger charge is -2.15. The average molecular weight is 380 g/mol. The number of anilines is 1. The maximum Gasteiger partial charge on any atom is 0.338 e. The molecule has 0 unspecified atom stereocenters. The molecule has 0 aromatic heterocycles. The third-order valence-corrected chi connectivity index (χ3v) is 3.62. The molecule has 2 aromatic carbocycles. The van der Waals surface area contributed by atoms with Crippen LogP contribution in [-0.4, -0.2) is 24.1 Å². The second-order valence-corrected chi connectivity index (χ2v) is 6.26. The first-order chi connectivity index (χ1) is 12.3. The van der Waals surface area contributed by atoms with Gasteiger partial charge in [-0.2, -0.15) is 0 Å². The largest absolute Gasteiger partial charge is 0.491 e. The Bertz CT molecular complexity index is 793. The van der Waals surface area contributed by atoms with E-state index in [-0.39, 0.29) is 16.8 Å². The van der Waals surface area contributed by atoms with Crippen LogP contribution in [0.5, 0.6) is 5.75 Å². The monoisotopic (exact) mass is 379 g/mol. The number of halogens is 2. The van der Waals surface area contributed by atoms with Gasteiger partial charge in [-0.1, -0.05) is 11.6 Å². The molecule has 0 spiro atoms. The molecule has 0 aliphatic rings. The highest BCUT2D eigenvalue weighted by Gasteiger charge is 2.20. The van der Waals surface area contributed by atoms with Crippen molar-refractivity contribution < 1.29 is 23.5 Å². The van der Waals surface area contributed by atoms with E-state index in [0.717, 1.165) is 6.07 Å². The van der Waals surface area contributed by atoms with Crippen LogP contribution in [0.15, 0.2) is 42.5 Å². The van der Waals surface area contributed by atoms with E-state index in [2.05, 4.69) is 5.32 Å². The van der Waals surface area contributed by atoms with E-state index in [9.17, 15) is 14.0 Å². The molecular weight excluding hydrogens is 361 g/mol. The van der Waals surface area contributed by atoms with E-state index in [0.29, 0.717) is 11.3 Å². The Morgan fingerprint density at radius 3 is 2.31 bits per heavy atom. The van der Waals surface area contributed by atoms with Crippen molar-refractivity contribution >= 4 is 29.2 Å². The van der Waals surface area contributed by atoms with Crippen molar-refractivity contribution in [3.8, 4) is 5.75 Å². The second kappa shape index (κ2) is 8.67. The van der Waals surface area contributed by atoms with Gasteiger partial charge < -0.3 is 14.8 Å². The average Bonchev–Trinajstić information content (AvgIpc) is 2.57. The minimum Gasteiger partial charge on any atom is -0.491 e. The first-order valence-corrected chi connectivity index (χ1v) is 8.37. The minimum absolute atomic E-state index is 0.0230. The third-order valence-electron chi connectivity index (χ3n) is 3.30. The van der Waals surface area contributed by atoms with Crippen LogP contribution in [0.3, 0.4) is 0 Å². The highest BCUT2D eigenvalue weighted by Crippen LogP contribution is 2.23. The van der Waals surface area contributed by atoms with Gasteiger partial charge in [-0.05, 0) is 63.2 Å². The number of esters is 1. The molecule has 7 heteroatoms. The molecule has 0 fully saturated rings. The molecule has 1 atom stereocenters. The van der Waals surface area contributed by atoms with Crippen LogP contribution in [0.2, 0.25) is 5.02 Å². The Morgan fingerprint density at radius 2 is 1.73 bits per heavy atom. The first-order valence-electron chi connectivity index (χ1n) is 8.00. The lowest BCUT2D eigenvalue weighted by atomic mass is 10.2. The first kappa shape index (κ1) is 19.7. The van der Waals surface area contributed by atoms with Crippen LogP contribution < -0.4 is 10.1 Å². The Kier molecular flexibility index (Phi) is 6.58. The summed E-state index contributed by atoms with van der Waals surface area (Å²) in [6, 6.07) is 9.99. The number of hydrogen-bond acceptors (Lipinski definition) is 4. The topological polar surface area (TPSA) is 64.6 Å². The summed E-state index contributed by atoms with van der Waals surface area (Å²) < 4.78 is 23.7. The Morgan fingerprint density at radius 1 is 1.08 bits per heavy atom. The molecule has 26 heavy (non-hydrogen) atoms. The van der Waals surface area contributed by atoms with Gasteiger partial charge in [0, 0.05) is 0 Å². The zero-order valence-electron chi connectivity index (χ0n) is 14.6. The SMILES string of the molecule is CC(C)Oc1ccc(C(=O)O[C@@H](C)C(=O)Nc2ccc(F)cc2Cl)cc1. The number of hydrogen-bond donors (Lipinski definition) is 1. The van der Waals surface area contributed by atoms with Gasteiger partial charge >= 0.3 is 5.97 Å². The van der Waals surface area contributed by atoms with Gasteiger partial charge in [0.1, 0.15) is 11.6 Å². The number of nitrogens with one attached hydrogen (secondary N) is 1. The zero-order valence-corrected chi connectivity index (χ0v) is 15.3. The van der Waals surface area contributed by atoms with Crippen molar-refractivity contribution in [2.24, 2.45) is 0 Å². The summed E-state index contributed by atoms with van der Waals surface area (Å²) >= 11 is 5.86. The van der Waals surface area contributed by atoms with E-state index in [1.165, 1.54) is 19.1 Å². The fourth-order valence-electron chi connectivity index (χ4n) is 2.05. The molecule has 0 saturated heterocycles. The summed E-state index contributed by atoms with van der Waals surface area (Å²) in [5.41, 5.74) is 0.525. The number of rotatable bonds is 6. The molecule has 0 aliphatic heterocycles. The van der Waals surface area contributed by atoms with E-state index in [4.69, 9.17) is 21.1 Å². The summed E-state index contributed by atoms with van der Waals surface area (Å²) in [5.74, 6) is -1.11. The van der Waals surface area contributed by atoms with E-state index < -0.39 is 23.8 Å². The number of carbonyl (C=O) groups excluding carboxylic acids is 2. The Labute approximate surface area is 156 Å². The van der Waals surface area contributed by atoms with Crippen molar-refractivity contribution in [2.45, 2.75) is 33.0 Å². The standard InChI is InChI=1S/C19H19ClFNO4/c1-11(2)25-15-7-4-13(5-8-15)19(24)26-12(3)18(23)22-17-9-6-14(21)10-16(17)20/h4-12H,1-3H3,(H,22,23)/t12-/m0/s1. The minimum atomic E-state index is -1.06. The quantitative estimate of drug-likeness (QED) is 0.753.